The second-order valence-electron chi connectivity index (χ2n) is 7.77. The van der Waals surface area contributed by atoms with Crippen LogP contribution in [0.5, 0.6) is 0 Å². The minimum Gasteiger partial charge on any atom is -0.355 e. The maximum absolute atomic E-state index is 12.9. The van der Waals surface area contributed by atoms with Gasteiger partial charge in [0.25, 0.3) is 0 Å². The second kappa shape index (κ2) is 12.8. The summed E-state index contributed by atoms with van der Waals surface area (Å²) in [5.41, 5.74) is 3.62. The molecule has 0 aliphatic rings. The highest BCUT2D eigenvalue weighted by molar-refractivity contribution is 5.79. The highest BCUT2D eigenvalue weighted by atomic mass is 16.5. The van der Waals surface area contributed by atoms with E-state index < -0.39 is 5.92 Å². The van der Waals surface area contributed by atoms with Gasteiger partial charge in [-0.1, -0.05) is 87.7 Å². The standard InChI is InChI=1S/C25H34N2O3/c1-3-5-12-23(18-27(30)19-28)25(29)26-17-24(21-13-7-6-8-14-21)22-15-9-11-20(16-22)10-4-2/h6-9,11,13-16,19,23-24,30H,3-5,10,12,17-18H2,1-2H3,(H,26,29)/t23-,24?/m1/s1. The third-order valence-corrected chi connectivity index (χ3v) is 5.38. The fourth-order valence-corrected chi connectivity index (χ4v) is 3.74. The zero-order valence-corrected chi connectivity index (χ0v) is 18.1. The molecule has 0 aliphatic heterocycles. The molecule has 0 radical (unpaired) electrons. The molecule has 2 N–H and O–H groups in total. The third kappa shape index (κ3) is 7.30. The molecule has 0 saturated heterocycles. The fourth-order valence-electron chi connectivity index (χ4n) is 3.74. The zero-order chi connectivity index (χ0) is 21.8. The lowest BCUT2D eigenvalue weighted by Gasteiger charge is -2.23. The van der Waals surface area contributed by atoms with Crippen LogP contribution in [-0.2, 0) is 16.0 Å². The van der Waals surface area contributed by atoms with Gasteiger partial charge in [-0.15, -0.1) is 0 Å². The van der Waals surface area contributed by atoms with Gasteiger partial charge in [0.2, 0.25) is 12.3 Å². The van der Waals surface area contributed by atoms with Gasteiger partial charge in [-0.3, -0.25) is 14.8 Å². The average Bonchev–Trinajstić information content (AvgIpc) is 2.77. The number of nitrogens with one attached hydrogen (secondary N) is 1. The molecule has 0 spiro atoms. The summed E-state index contributed by atoms with van der Waals surface area (Å²) in [6, 6.07) is 18.7. The molecule has 0 fully saturated rings. The number of amides is 2. The summed E-state index contributed by atoms with van der Waals surface area (Å²) in [6.07, 6.45) is 4.91. The molecule has 5 heteroatoms. The number of carbonyl (C=O) groups is 2. The van der Waals surface area contributed by atoms with Crippen LogP contribution in [0.25, 0.3) is 0 Å². The molecular weight excluding hydrogens is 376 g/mol. The van der Waals surface area contributed by atoms with Gasteiger partial charge in [0, 0.05) is 12.5 Å². The van der Waals surface area contributed by atoms with Gasteiger partial charge < -0.3 is 5.32 Å². The SMILES string of the molecule is CCCC[C@H](CN(O)C=O)C(=O)NCC(c1ccccc1)c1cccc(CCC)c1. The lowest BCUT2D eigenvalue weighted by molar-refractivity contribution is -0.154. The Morgan fingerprint density at radius 3 is 2.47 bits per heavy atom. The quantitative estimate of drug-likeness (QED) is 0.289. The summed E-state index contributed by atoms with van der Waals surface area (Å²) < 4.78 is 0. The Morgan fingerprint density at radius 1 is 1.07 bits per heavy atom. The van der Waals surface area contributed by atoms with Crippen molar-refractivity contribution in [3.8, 4) is 0 Å². The Hall–Kier alpha value is -2.66. The third-order valence-electron chi connectivity index (χ3n) is 5.38. The maximum Gasteiger partial charge on any atom is 0.233 e. The summed E-state index contributed by atoms with van der Waals surface area (Å²) in [6.45, 7) is 4.70. The molecule has 2 atom stereocenters. The molecule has 1 unspecified atom stereocenters. The number of benzene rings is 2. The van der Waals surface area contributed by atoms with Crippen molar-refractivity contribution in [2.24, 2.45) is 5.92 Å². The van der Waals surface area contributed by atoms with Crippen molar-refractivity contribution in [1.82, 2.24) is 10.4 Å². The van der Waals surface area contributed by atoms with Crippen LogP contribution in [0.1, 0.15) is 62.1 Å². The van der Waals surface area contributed by atoms with Crippen molar-refractivity contribution in [3.05, 3.63) is 71.3 Å². The topological polar surface area (TPSA) is 69.6 Å². The van der Waals surface area contributed by atoms with Crippen LogP contribution in [0.2, 0.25) is 0 Å². The monoisotopic (exact) mass is 410 g/mol. The highest BCUT2D eigenvalue weighted by Gasteiger charge is 2.22. The molecule has 2 aromatic carbocycles. The van der Waals surface area contributed by atoms with Crippen LogP contribution in [0.4, 0.5) is 0 Å². The molecule has 0 aliphatic carbocycles. The summed E-state index contributed by atoms with van der Waals surface area (Å²) in [5.74, 6) is -0.520. The maximum atomic E-state index is 12.9. The molecule has 2 aromatic rings. The Kier molecular flexibility index (Phi) is 10.1. The van der Waals surface area contributed by atoms with Gasteiger partial charge in [-0.2, -0.15) is 0 Å². The van der Waals surface area contributed by atoms with Crippen LogP contribution < -0.4 is 5.32 Å². The first-order chi connectivity index (χ1) is 14.6. The number of hydroxylamine groups is 2. The van der Waals surface area contributed by atoms with Crippen molar-refractivity contribution in [1.29, 1.82) is 0 Å². The number of unbranched alkanes of at least 4 members (excludes halogenated alkanes) is 1. The highest BCUT2D eigenvalue weighted by Crippen LogP contribution is 2.25. The van der Waals surface area contributed by atoms with Gasteiger partial charge in [0.05, 0.1) is 12.5 Å². The van der Waals surface area contributed by atoms with Crippen molar-refractivity contribution < 1.29 is 14.8 Å². The van der Waals surface area contributed by atoms with Gasteiger partial charge in [0.15, 0.2) is 0 Å². The molecule has 0 heterocycles. The Bertz CT molecular complexity index is 779. The van der Waals surface area contributed by atoms with E-state index in [2.05, 4.69) is 55.6 Å². The molecule has 0 saturated carbocycles. The van der Waals surface area contributed by atoms with Gasteiger partial charge in [-0.05, 0) is 29.5 Å². The van der Waals surface area contributed by atoms with Gasteiger partial charge in [-0.25, -0.2) is 5.06 Å². The minimum atomic E-state index is -0.428. The average molecular weight is 411 g/mol. The predicted octanol–water partition coefficient (Wildman–Crippen LogP) is 4.54. The molecule has 0 aromatic heterocycles. The van der Waals surface area contributed by atoms with E-state index in [4.69, 9.17) is 0 Å². The largest absolute Gasteiger partial charge is 0.355 e. The van der Waals surface area contributed by atoms with Gasteiger partial charge >= 0.3 is 0 Å². The van der Waals surface area contributed by atoms with Crippen molar-refractivity contribution >= 4 is 12.3 Å². The van der Waals surface area contributed by atoms with Crippen LogP contribution >= 0.6 is 0 Å². The van der Waals surface area contributed by atoms with E-state index in [9.17, 15) is 14.8 Å². The van der Waals surface area contributed by atoms with Crippen LogP contribution in [-0.4, -0.2) is 35.7 Å². The van der Waals surface area contributed by atoms with Crippen LogP contribution in [0, 0.1) is 5.92 Å². The molecule has 2 amide bonds. The van der Waals surface area contributed by atoms with Crippen molar-refractivity contribution in [2.45, 2.75) is 51.9 Å². The Balaban J connectivity index is 2.18. The summed E-state index contributed by atoms with van der Waals surface area (Å²) in [4.78, 5) is 23.7. The number of rotatable bonds is 13. The van der Waals surface area contributed by atoms with E-state index >= 15 is 0 Å². The Labute approximate surface area is 180 Å². The van der Waals surface area contributed by atoms with Crippen LogP contribution in [0.3, 0.4) is 0 Å². The number of hydrogen-bond acceptors (Lipinski definition) is 3. The minimum absolute atomic E-state index is 0.0112. The summed E-state index contributed by atoms with van der Waals surface area (Å²) >= 11 is 0. The summed E-state index contributed by atoms with van der Waals surface area (Å²) in [7, 11) is 0. The summed E-state index contributed by atoms with van der Waals surface area (Å²) in [5, 5.41) is 13.2. The molecule has 30 heavy (non-hydrogen) atoms. The number of nitrogens with zero attached hydrogens (tertiary/aromatic N) is 1. The number of hydrogen-bond donors (Lipinski definition) is 2. The first kappa shape index (κ1) is 23.6. The smallest absolute Gasteiger partial charge is 0.233 e. The molecule has 0 bridgehead atoms. The second-order valence-corrected chi connectivity index (χ2v) is 7.77. The predicted molar refractivity (Wildman–Crippen MR) is 119 cm³/mol. The zero-order valence-electron chi connectivity index (χ0n) is 18.1. The first-order valence-corrected chi connectivity index (χ1v) is 10.9. The van der Waals surface area contributed by atoms with Crippen molar-refractivity contribution in [2.75, 3.05) is 13.1 Å². The molecular formula is C25H34N2O3. The lowest BCUT2D eigenvalue weighted by atomic mass is 9.89. The van der Waals surface area contributed by atoms with Crippen LogP contribution in [0.15, 0.2) is 54.6 Å². The normalized spacial score (nSPS) is 12.8. The van der Waals surface area contributed by atoms with E-state index in [0.717, 1.165) is 31.2 Å². The van der Waals surface area contributed by atoms with E-state index in [0.29, 0.717) is 24.4 Å². The van der Waals surface area contributed by atoms with E-state index in [1.54, 1.807) is 0 Å². The molecule has 162 valence electrons. The molecule has 2 rings (SSSR count). The Morgan fingerprint density at radius 2 is 1.80 bits per heavy atom. The van der Waals surface area contributed by atoms with Gasteiger partial charge in [0.1, 0.15) is 0 Å². The lowest BCUT2D eigenvalue weighted by Crippen LogP contribution is -2.39. The molecule has 5 nitrogen and oxygen atoms in total. The van der Waals surface area contributed by atoms with Crippen molar-refractivity contribution in [3.63, 3.8) is 0 Å². The van der Waals surface area contributed by atoms with E-state index in [1.165, 1.54) is 11.1 Å². The van der Waals surface area contributed by atoms with E-state index in [-0.39, 0.29) is 18.4 Å². The fraction of sp³-hybridized carbons (Fsp3) is 0.440. The number of carbonyl (C=O) groups excluding carboxylic acids is 2. The number of aryl methyl sites for hydroxylation is 1. The first-order valence-electron chi connectivity index (χ1n) is 10.9. The van der Waals surface area contributed by atoms with E-state index in [1.807, 2.05) is 18.2 Å².